The van der Waals surface area contributed by atoms with E-state index in [1.54, 1.807) is 19.1 Å². The van der Waals surface area contributed by atoms with E-state index in [4.69, 9.17) is 10.8 Å². The second-order valence-electron chi connectivity index (χ2n) is 4.28. The first-order valence-corrected chi connectivity index (χ1v) is 5.83. The number of carbonyl (C=O) groups is 1. The van der Waals surface area contributed by atoms with Gasteiger partial charge in [0, 0.05) is 23.5 Å². The van der Waals surface area contributed by atoms with Crippen LogP contribution in [0.3, 0.4) is 0 Å². The minimum Gasteiger partial charge on any atom is -0.398 e. The molecule has 0 aromatic heterocycles. The largest absolute Gasteiger partial charge is 0.398 e. The normalized spacial score (nSPS) is 12.2. The van der Waals surface area contributed by atoms with Gasteiger partial charge in [-0.1, -0.05) is 0 Å². The van der Waals surface area contributed by atoms with Gasteiger partial charge in [-0.2, -0.15) is 0 Å². The topological polar surface area (TPSA) is 75.3 Å². The van der Waals surface area contributed by atoms with Gasteiger partial charge in [0.2, 0.25) is 0 Å². The van der Waals surface area contributed by atoms with Gasteiger partial charge in [0.25, 0.3) is 0 Å². The molecule has 0 aliphatic rings. The van der Waals surface area contributed by atoms with E-state index in [2.05, 4.69) is 5.32 Å². The zero-order chi connectivity index (χ0) is 12.8. The van der Waals surface area contributed by atoms with Crippen LogP contribution < -0.4 is 11.1 Å². The number of nitrogens with one attached hydrogen (secondary N) is 1. The Bertz CT molecular complexity index is 389. The number of carbonyl (C=O) groups excluding carboxylic acids is 1. The van der Waals surface area contributed by atoms with Gasteiger partial charge in [0.1, 0.15) is 0 Å². The molecule has 1 aromatic carbocycles. The number of ketones is 1. The van der Waals surface area contributed by atoms with Crippen LogP contribution in [0.5, 0.6) is 0 Å². The summed E-state index contributed by atoms with van der Waals surface area (Å²) in [6.07, 6.45) is 1.38. The number of nitrogens with two attached hydrogens (primary N) is 1. The monoisotopic (exact) mass is 236 g/mol. The molecule has 1 atom stereocenters. The van der Waals surface area contributed by atoms with Crippen molar-refractivity contribution in [1.29, 1.82) is 0 Å². The molecule has 0 saturated heterocycles. The van der Waals surface area contributed by atoms with Crippen LogP contribution in [0.2, 0.25) is 0 Å². The molecule has 0 saturated carbocycles. The van der Waals surface area contributed by atoms with Crippen LogP contribution in [0.15, 0.2) is 18.2 Å². The summed E-state index contributed by atoms with van der Waals surface area (Å²) >= 11 is 0. The minimum absolute atomic E-state index is 0.0323. The maximum Gasteiger partial charge on any atom is 0.161 e. The summed E-state index contributed by atoms with van der Waals surface area (Å²) in [5.74, 6) is -0.0323. The van der Waals surface area contributed by atoms with Crippen molar-refractivity contribution in [1.82, 2.24) is 0 Å². The molecule has 17 heavy (non-hydrogen) atoms. The second kappa shape index (κ2) is 6.25. The van der Waals surface area contributed by atoms with E-state index >= 15 is 0 Å². The van der Waals surface area contributed by atoms with Gasteiger partial charge in [-0.3, -0.25) is 4.79 Å². The summed E-state index contributed by atoms with van der Waals surface area (Å²) in [5, 5.41) is 12.3. The highest BCUT2D eigenvalue weighted by Gasteiger charge is 2.05. The number of Topliss-reactive ketones (excluding diaryl/α,β-unsaturated/α-hetero) is 1. The van der Waals surface area contributed by atoms with Crippen molar-refractivity contribution in [2.45, 2.75) is 32.8 Å². The lowest BCUT2D eigenvalue weighted by Crippen LogP contribution is -2.07. The Morgan fingerprint density at radius 1 is 1.53 bits per heavy atom. The van der Waals surface area contributed by atoms with Gasteiger partial charge in [0.15, 0.2) is 5.78 Å². The molecule has 0 bridgehead atoms. The quantitative estimate of drug-likeness (QED) is 0.401. The maximum absolute atomic E-state index is 11.3. The molecule has 0 heterocycles. The fourth-order valence-corrected chi connectivity index (χ4v) is 1.60. The Hall–Kier alpha value is -1.55. The average molecular weight is 236 g/mol. The molecule has 94 valence electrons. The van der Waals surface area contributed by atoms with Crippen LogP contribution in [0.4, 0.5) is 11.4 Å². The Morgan fingerprint density at radius 2 is 2.24 bits per heavy atom. The van der Waals surface area contributed by atoms with Crippen LogP contribution in [-0.4, -0.2) is 23.5 Å². The number of benzene rings is 1. The van der Waals surface area contributed by atoms with Crippen molar-refractivity contribution < 1.29 is 9.90 Å². The van der Waals surface area contributed by atoms with Crippen molar-refractivity contribution in [3.63, 3.8) is 0 Å². The lowest BCUT2D eigenvalue weighted by molar-refractivity contribution is 0.101. The standard InChI is InChI=1S/C13H20N2O2/c1-9(16)4-3-7-15-11-5-6-13(14)12(8-11)10(2)17/h5-6,8-9,15-16H,3-4,7,14H2,1-2H3. The molecule has 1 rings (SSSR count). The van der Waals surface area contributed by atoms with E-state index in [0.717, 1.165) is 25.1 Å². The van der Waals surface area contributed by atoms with Crippen LogP contribution in [0, 0.1) is 0 Å². The van der Waals surface area contributed by atoms with Crippen molar-refractivity contribution in [2.75, 3.05) is 17.6 Å². The molecule has 0 radical (unpaired) electrons. The predicted octanol–water partition coefficient (Wildman–Crippen LogP) is 2.04. The Kier molecular flexibility index (Phi) is 4.97. The highest BCUT2D eigenvalue weighted by atomic mass is 16.3. The van der Waals surface area contributed by atoms with Gasteiger partial charge in [-0.15, -0.1) is 0 Å². The first-order valence-electron chi connectivity index (χ1n) is 5.83. The summed E-state index contributed by atoms with van der Waals surface area (Å²) in [5.41, 5.74) is 7.64. The lowest BCUT2D eigenvalue weighted by atomic mass is 10.1. The molecule has 0 aliphatic carbocycles. The van der Waals surface area contributed by atoms with Gasteiger partial charge in [0.05, 0.1) is 6.10 Å². The summed E-state index contributed by atoms with van der Waals surface area (Å²) in [7, 11) is 0. The third-order valence-corrected chi connectivity index (χ3v) is 2.56. The third kappa shape index (κ3) is 4.44. The second-order valence-corrected chi connectivity index (χ2v) is 4.28. The van der Waals surface area contributed by atoms with Gasteiger partial charge < -0.3 is 16.2 Å². The van der Waals surface area contributed by atoms with E-state index in [1.807, 2.05) is 6.07 Å². The van der Waals surface area contributed by atoms with Gasteiger partial charge >= 0.3 is 0 Å². The van der Waals surface area contributed by atoms with Crippen molar-refractivity contribution in [3.05, 3.63) is 23.8 Å². The van der Waals surface area contributed by atoms with E-state index in [9.17, 15) is 4.79 Å². The lowest BCUT2D eigenvalue weighted by Gasteiger charge is -2.09. The average Bonchev–Trinajstić information content (AvgIpc) is 2.25. The molecule has 4 nitrogen and oxygen atoms in total. The minimum atomic E-state index is -0.268. The fraction of sp³-hybridized carbons (Fsp3) is 0.462. The van der Waals surface area contributed by atoms with Gasteiger partial charge in [-0.05, 0) is 44.9 Å². The number of hydrogen-bond donors (Lipinski definition) is 3. The predicted molar refractivity (Wildman–Crippen MR) is 70.3 cm³/mol. The van der Waals surface area contributed by atoms with Crippen LogP contribution >= 0.6 is 0 Å². The van der Waals surface area contributed by atoms with Gasteiger partial charge in [-0.25, -0.2) is 0 Å². The molecule has 4 heteroatoms. The SMILES string of the molecule is CC(=O)c1cc(NCCCC(C)O)ccc1N. The number of aliphatic hydroxyl groups excluding tert-OH is 1. The summed E-state index contributed by atoms with van der Waals surface area (Å²) in [6, 6.07) is 5.35. The van der Waals surface area contributed by atoms with E-state index in [1.165, 1.54) is 6.92 Å². The van der Waals surface area contributed by atoms with Crippen LogP contribution in [-0.2, 0) is 0 Å². The molecule has 4 N–H and O–H groups in total. The van der Waals surface area contributed by atoms with Crippen molar-refractivity contribution in [3.8, 4) is 0 Å². The number of anilines is 2. The molecular formula is C13H20N2O2. The number of rotatable bonds is 6. The Morgan fingerprint density at radius 3 is 2.82 bits per heavy atom. The summed E-state index contributed by atoms with van der Waals surface area (Å²) in [6.45, 7) is 4.05. The van der Waals surface area contributed by atoms with Crippen molar-refractivity contribution >= 4 is 17.2 Å². The maximum atomic E-state index is 11.3. The Balaban J connectivity index is 2.54. The molecule has 1 aromatic rings. The van der Waals surface area contributed by atoms with E-state index < -0.39 is 0 Å². The van der Waals surface area contributed by atoms with Crippen LogP contribution in [0.25, 0.3) is 0 Å². The fourth-order valence-electron chi connectivity index (χ4n) is 1.60. The third-order valence-electron chi connectivity index (χ3n) is 2.56. The van der Waals surface area contributed by atoms with E-state index in [-0.39, 0.29) is 11.9 Å². The summed E-state index contributed by atoms with van der Waals surface area (Å²) < 4.78 is 0. The zero-order valence-electron chi connectivity index (χ0n) is 10.4. The molecule has 0 amide bonds. The van der Waals surface area contributed by atoms with E-state index in [0.29, 0.717) is 11.3 Å². The molecule has 1 unspecified atom stereocenters. The Labute approximate surface area is 102 Å². The molecule has 0 fully saturated rings. The number of hydrogen-bond acceptors (Lipinski definition) is 4. The number of aliphatic hydroxyl groups is 1. The molecular weight excluding hydrogens is 216 g/mol. The smallest absolute Gasteiger partial charge is 0.161 e. The first-order chi connectivity index (χ1) is 8.00. The first kappa shape index (κ1) is 13.5. The number of nitrogen functional groups attached to an aromatic ring is 1. The van der Waals surface area contributed by atoms with Crippen LogP contribution in [0.1, 0.15) is 37.0 Å². The summed E-state index contributed by atoms with van der Waals surface area (Å²) in [4.78, 5) is 11.3. The molecule has 0 aliphatic heterocycles. The highest BCUT2D eigenvalue weighted by molar-refractivity contribution is 5.99. The highest BCUT2D eigenvalue weighted by Crippen LogP contribution is 2.18. The van der Waals surface area contributed by atoms with Crippen molar-refractivity contribution in [2.24, 2.45) is 0 Å². The zero-order valence-corrected chi connectivity index (χ0v) is 10.4. The molecule has 0 spiro atoms.